The van der Waals surface area contributed by atoms with E-state index in [4.69, 9.17) is 4.42 Å². The van der Waals surface area contributed by atoms with Crippen LogP contribution in [0, 0.1) is 12.7 Å². The van der Waals surface area contributed by atoms with Crippen molar-refractivity contribution < 1.29 is 13.6 Å². The SMILES string of the molecule is Cc1cc2ncoc2cc1-c1ccc(NC(=O)c2ccccc2F)nc1. The van der Waals surface area contributed by atoms with Gasteiger partial charge in [0.2, 0.25) is 0 Å². The van der Waals surface area contributed by atoms with Crippen LogP contribution in [0.25, 0.3) is 22.2 Å². The lowest BCUT2D eigenvalue weighted by molar-refractivity contribution is 0.102. The predicted molar refractivity (Wildman–Crippen MR) is 96.3 cm³/mol. The minimum Gasteiger partial charge on any atom is -0.443 e. The van der Waals surface area contributed by atoms with Gasteiger partial charge >= 0.3 is 0 Å². The first-order valence-corrected chi connectivity index (χ1v) is 7.98. The number of rotatable bonds is 3. The molecule has 5 nitrogen and oxygen atoms in total. The smallest absolute Gasteiger partial charge is 0.259 e. The molecular formula is C20H14FN3O2. The molecule has 1 amide bonds. The summed E-state index contributed by atoms with van der Waals surface area (Å²) < 4.78 is 19.0. The van der Waals surface area contributed by atoms with Gasteiger partial charge in [-0.05, 0) is 54.4 Å². The number of oxazole rings is 1. The van der Waals surface area contributed by atoms with E-state index in [1.807, 2.05) is 25.1 Å². The van der Waals surface area contributed by atoms with Gasteiger partial charge in [-0.3, -0.25) is 4.79 Å². The number of benzene rings is 2. The lowest BCUT2D eigenvalue weighted by atomic mass is 10.0. The normalized spacial score (nSPS) is 10.8. The fraction of sp³-hybridized carbons (Fsp3) is 0.0500. The molecule has 0 aliphatic heterocycles. The number of aryl methyl sites for hydroxylation is 1. The van der Waals surface area contributed by atoms with Crippen molar-refractivity contribution in [2.24, 2.45) is 0 Å². The van der Waals surface area contributed by atoms with Crippen LogP contribution in [-0.4, -0.2) is 15.9 Å². The number of pyridine rings is 1. The zero-order chi connectivity index (χ0) is 18.1. The quantitative estimate of drug-likeness (QED) is 0.588. The van der Waals surface area contributed by atoms with Gasteiger partial charge in [-0.1, -0.05) is 12.1 Å². The van der Waals surface area contributed by atoms with E-state index in [9.17, 15) is 9.18 Å². The molecule has 6 heteroatoms. The van der Waals surface area contributed by atoms with Crippen molar-refractivity contribution in [1.29, 1.82) is 0 Å². The number of fused-ring (bicyclic) bond motifs is 1. The molecule has 0 aliphatic rings. The molecule has 128 valence electrons. The summed E-state index contributed by atoms with van der Waals surface area (Å²) in [6.45, 7) is 1.98. The standard InChI is InChI=1S/C20H14FN3O2/c1-12-8-17-18(26-11-23-17)9-15(12)13-6-7-19(22-10-13)24-20(25)14-4-2-3-5-16(14)21/h2-11H,1H3,(H,22,24,25). The van der Waals surface area contributed by atoms with E-state index in [2.05, 4.69) is 15.3 Å². The summed E-state index contributed by atoms with van der Waals surface area (Å²) in [5.74, 6) is -0.763. The number of aromatic nitrogens is 2. The molecule has 26 heavy (non-hydrogen) atoms. The highest BCUT2D eigenvalue weighted by Gasteiger charge is 2.12. The number of hydrogen-bond acceptors (Lipinski definition) is 4. The van der Waals surface area contributed by atoms with E-state index >= 15 is 0 Å². The van der Waals surface area contributed by atoms with Gasteiger partial charge in [0.15, 0.2) is 12.0 Å². The molecule has 0 aliphatic carbocycles. The molecule has 4 rings (SSSR count). The zero-order valence-electron chi connectivity index (χ0n) is 13.9. The van der Waals surface area contributed by atoms with Crippen molar-refractivity contribution in [3.8, 4) is 11.1 Å². The molecular weight excluding hydrogens is 333 g/mol. The Kier molecular flexibility index (Phi) is 3.93. The summed E-state index contributed by atoms with van der Waals surface area (Å²) >= 11 is 0. The lowest BCUT2D eigenvalue weighted by Crippen LogP contribution is -2.14. The summed E-state index contributed by atoms with van der Waals surface area (Å²) in [4.78, 5) is 20.5. The van der Waals surface area contributed by atoms with E-state index < -0.39 is 11.7 Å². The minimum atomic E-state index is -0.572. The van der Waals surface area contributed by atoms with Crippen molar-refractivity contribution in [3.63, 3.8) is 0 Å². The maximum absolute atomic E-state index is 13.7. The highest BCUT2D eigenvalue weighted by atomic mass is 19.1. The Hall–Kier alpha value is -3.54. The maximum atomic E-state index is 13.7. The van der Waals surface area contributed by atoms with Crippen molar-refractivity contribution in [2.45, 2.75) is 6.92 Å². The average Bonchev–Trinajstić information content (AvgIpc) is 3.09. The molecule has 0 radical (unpaired) electrons. The van der Waals surface area contributed by atoms with Crippen LogP contribution in [0.2, 0.25) is 0 Å². The van der Waals surface area contributed by atoms with Gasteiger partial charge in [0.05, 0.1) is 5.56 Å². The van der Waals surface area contributed by atoms with Crippen molar-refractivity contribution >= 4 is 22.8 Å². The van der Waals surface area contributed by atoms with E-state index in [0.29, 0.717) is 11.4 Å². The summed E-state index contributed by atoms with van der Waals surface area (Å²) in [7, 11) is 0. The second kappa shape index (κ2) is 6.40. The van der Waals surface area contributed by atoms with Crippen LogP contribution in [0.5, 0.6) is 0 Å². The van der Waals surface area contributed by atoms with Crippen LogP contribution in [0.15, 0.2) is 65.5 Å². The van der Waals surface area contributed by atoms with Crippen LogP contribution in [0.1, 0.15) is 15.9 Å². The van der Waals surface area contributed by atoms with E-state index in [1.165, 1.54) is 24.6 Å². The Morgan fingerprint density at radius 1 is 1.12 bits per heavy atom. The fourth-order valence-corrected chi connectivity index (χ4v) is 2.78. The second-order valence-electron chi connectivity index (χ2n) is 5.85. The minimum absolute atomic E-state index is 0.0232. The average molecular weight is 347 g/mol. The van der Waals surface area contributed by atoms with E-state index in [-0.39, 0.29) is 5.56 Å². The fourth-order valence-electron chi connectivity index (χ4n) is 2.78. The molecule has 0 unspecified atom stereocenters. The molecule has 0 saturated carbocycles. The summed E-state index contributed by atoms with van der Waals surface area (Å²) in [5.41, 5.74) is 4.36. The molecule has 2 aromatic heterocycles. The Balaban J connectivity index is 1.59. The number of nitrogens with one attached hydrogen (secondary N) is 1. The summed E-state index contributed by atoms with van der Waals surface area (Å²) in [6.07, 6.45) is 3.06. The van der Waals surface area contributed by atoms with Crippen LogP contribution in [0.3, 0.4) is 0 Å². The van der Waals surface area contributed by atoms with E-state index in [0.717, 1.165) is 22.2 Å². The topological polar surface area (TPSA) is 68.0 Å². The van der Waals surface area contributed by atoms with Crippen LogP contribution in [0.4, 0.5) is 10.2 Å². The van der Waals surface area contributed by atoms with Crippen molar-refractivity contribution in [1.82, 2.24) is 9.97 Å². The van der Waals surface area contributed by atoms with Crippen LogP contribution < -0.4 is 5.32 Å². The van der Waals surface area contributed by atoms with Gasteiger partial charge in [0, 0.05) is 11.8 Å². The molecule has 0 atom stereocenters. The molecule has 4 aromatic rings. The molecule has 0 bridgehead atoms. The molecule has 2 aromatic carbocycles. The van der Waals surface area contributed by atoms with Gasteiger partial charge in [0.1, 0.15) is 17.2 Å². The zero-order valence-corrected chi connectivity index (χ0v) is 13.9. The highest BCUT2D eigenvalue weighted by molar-refractivity contribution is 6.04. The monoisotopic (exact) mass is 347 g/mol. The molecule has 0 saturated heterocycles. The first-order valence-electron chi connectivity index (χ1n) is 7.98. The highest BCUT2D eigenvalue weighted by Crippen LogP contribution is 2.28. The van der Waals surface area contributed by atoms with Crippen LogP contribution in [-0.2, 0) is 0 Å². The summed E-state index contributed by atoms with van der Waals surface area (Å²) in [6, 6.07) is 13.2. The first kappa shape index (κ1) is 16.0. The summed E-state index contributed by atoms with van der Waals surface area (Å²) in [5, 5.41) is 2.60. The third-order valence-corrected chi connectivity index (χ3v) is 4.11. The Morgan fingerprint density at radius 2 is 1.96 bits per heavy atom. The Bertz CT molecular complexity index is 1100. The molecule has 1 N–H and O–H groups in total. The number of amides is 1. The van der Waals surface area contributed by atoms with Crippen molar-refractivity contribution in [3.05, 3.63) is 78.1 Å². The number of nitrogens with zero attached hydrogens (tertiary/aromatic N) is 2. The third-order valence-electron chi connectivity index (χ3n) is 4.11. The third kappa shape index (κ3) is 2.93. The molecule has 2 heterocycles. The second-order valence-corrected chi connectivity index (χ2v) is 5.85. The number of hydrogen-bond donors (Lipinski definition) is 1. The Labute approximate surface area is 148 Å². The first-order chi connectivity index (χ1) is 12.6. The number of anilines is 1. The molecule has 0 fully saturated rings. The van der Waals surface area contributed by atoms with Gasteiger partial charge < -0.3 is 9.73 Å². The number of halogens is 1. The number of carbonyl (C=O) groups excluding carboxylic acids is 1. The Morgan fingerprint density at radius 3 is 2.73 bits per heavy atom. The predicted octanol–water partition coefficient (Wildman–Crippen LogP) is 4.59. The lowest BCUT2D eigenvalue weighted by Gasteiger charge is -2.08. The largest absolute Gasteiger partial charge is 0.443 e. The van der Waals surface area contributed by atoms with Gasteiger partial charge in [-0.25, -0.2) is 14.4 Å². The molecule has 0 spiro atoms. The van der Waals surface area contributed by atoms with Gasteiger partial charge in [-0.15, -0.1) is 0 Å². The van der Waals surface area contributed by atoms with Crippen molar-refractivity contribution in [2.75, 3.05) is 5.32 Å². The van der Waals surface area contributed by atoms with Gasteiger partial charge in [-0.2, -0.15) is 0 Å². The number of carbonyl (C=O) groups is 1. The van der Waals surface area contributed by atoms with Gasteiger partial charge in [0.25, 0.3) is 5.91 Å². The van der Waals surface area contributed by atoms with E-state index in [1.54, 1.807) is 18.3 Å². The maximum Gasteiger partial charge on any atom is 0.259 e. The van der Waals surface area contributed by atoms with Crippen LogP contribution >= 0.6 is 0 Å².